The molecule has 0 N–H and O–H groups in total. The number of ether oxygens (including phenoxy) is 1. The number of rotatable bonds is 10. The minimum absolute atomic E-state index is 0.138. The van der Waals surface area contributed by atoms with Crippen molar-refractivity contribution in [3.8, 4) is 5.88 Å². The number of benzene rings is 2. The molecule has 0 unspecified atom stereocenters. The van der Waals surface area contributed by atoms with Crippen molar-refractivity contribution in [3.63, 3.8) is 0 Å². The van der Waals surface area contributed by atoms with E-state index in [0.29, 0.717) is 79.0 Å². The first-order chi connectivity index (χ1) is 22.7. The van der Waals surface area contributed by atoms with E-state index in [1.165, 1.54) is 6.26 Å². The van der Waals surface area contributed by atoms with Gasteiger partial charge in [-0.2, -0.15) is 4.98 Å². The molecular weight excluding hydrogens is 673 g/mol. The number of piperazine rings is 1. The molecule has 3 aromatic rings. The summed E-state index contributed by atoms with van der Waals surface area (Å²) in [7, 11) is 0.665. The van der Waals surface area contributed by atoms with E-state index in [2.05, 4.69) is 9.88 Å². The van der Waals surface area contributed by atoms with Crippen molar-refractivity contribution in [1.29, 1.82) is 0 Å². The molecule has 0 spiro atoms. The summed E-state index contributed by atoms with van der Waals surface area (Å²) < 4.78 is 29.4. The summed E-state index contributed by atoms with van der Waals surface area (Å²) in [4.78, 5) is 37.4. The zero-order valence-corrected chi connectivity index (χ0v) is 30.6. The molecule has 2 aromatic carbocycles. The molecule has 14 heteroatoms. The van der Waals surface area contributed by atoms with Gasteiger partial charge in [0.2, 0.25) is 11.8 Å². The first-order valence-corrected chi connectivity index (χ1v) is 18.8. The lowest BCUT2D eigenvalue weighted by molar-refractivity contribution is 0.0868. The monoisotopic (exact) mass is 715 g/mol. The number of hydrogen-bond acceptors (Lipinski definition) is 9. The number of carbonyl (C=O) groups is 1. The molecular formula is C34H43Cl2N7O4S. The van der Waals surface area contributed by atoms with Gasteiger partial charge in [0.1, 0.15) is 26.8 Å². The lowest BCUT2D eigenvalue weighted by atomic mass is 9.71. The minimum Gasteiger partial charge on any atom is -0.477 e. The molecule has 2 amide bonds. The number of urea groups is 1. The molecule has 2 aliphatic rings. The topological polar surface area (TPSA) is 112 Å². The predicted octanol–water partition coefficient (Wildman–Crippen LogP) is 5.31. The summed E-state index contributed by atoms with van der Waals surface area (Å²) in [6.45, 7) is 9.08. The number of nitrogens with zero attached hydrogens (tertiary/aromatic N) is 7. The zero-order valence-electron chi connectivity index (χ0n) is 28.3. The van der Waals surface area contributed by atoms with Gasteiger partial charge >= 0.3 is 6.03 Å². The number of sulfone groups is 1. The van der Waals surface area contributed by atoms with Gasteiger partial charge in [0.05, 0.1) is 17.9 Å². The van der Waals surface area contributed by atoms with Gasteiger partial charge in [-0.15, -0.1) is 0 Å². The summed E-state index contributed by atoms with van der Waals surface area (Å²) >= 11 is 12.7. The number of aliphatic imine (C=N–C) groups is 1. The van der Waals surface area contributed by atoms with Gasteiger partial charge in [-0.3, -0.25) is 14.8 Å². The number of aromatic nitrogens is 2. The van der Waals surface area contributed by atoms with Crippen molar-refractivity contribution in [2.45, 2.75) is 38.3 Å². The van der Waals surface area contributed by atoms with Crippen LogP contribution in [0.2, 0.25) is 10.0 Å². The Morgan fingerprint density at radius 1 is 0.958 bits per heavy atom. The molecule has 5 rings (SSSR count). The van der Waals surface area contributed by atoms with Gasteiger partial charge in [-0.05, 0) is 69.1 Å². The summed E-state index contributed by atoms with van der Waals surface area (Å²) in [6, 6.07) is 14.8. The molecule has 3 heterocycles. The number of anilines is 1. The van der Waals surface area contributed by atoms with Crippen molar-refractivity contribution in [3.05, 3.63) is 81.5 Å². The summed E-state index contributed by atoms with van der Waals surface area (Å²) in [5.41, 5.74) is 0.117. The summed E-state index contributed by atoms with van der Waals surface area (Å²) in [5.74, 6) is 1.31. The van der Waals surface area contributed by atoms with E-state index in [1.54, 1.807) is 16.0 Å². The Bertz CT molecular complexity index is 1760. The molecule has 1 aromatic heterocycles. The van der Waals surface area contributed by atoms with Gasteiger partial charge in [-0.1, -0.05) is 47.5 Å². The third-order valence-corrected chi connectivity index (χ3v) is 10.8. The molecule has 11 nitrogen and oxygen atoms in total. The van der Waals surface area contributed by atoms with Gasteiger partial charge in [0.15, 0.2) is 0 Å². The van der Waals surface area contributed by atoms with E-state index in [4.69, 9.17) is 37.9 Å². The van der Waals surface area contributed by atoms with Crippen molar-refractivity contribution >= 4 is 50.9 Å². The fourth-order valence-corrected chi connectivity index (χ4v) is 7.30. The molecule has 1 saturated heterocycles. The second-order valence-corrected chi connectivity index (χ2v) is 15.9. The lowest BCUT2D eigenvalue weighted by Crippen LogP contribution is -2.60. The van der Waals surface area contributed by atoms with Crippen molar-refractivity contribution in [2.24, 2.45) is 4.99 Å². The Morgan fingerprint density at radius 2 is 1.54 bits per heavy atom. The molecule has 258 valence electrons. The van der Waals surface area contributed by atoms with Gasteiger partial charge in [0, 0.05) is 62.8 Å². The Morgan fingerprint density at radius 3 is 2.08 bits per heavy atom. The van der Waals surface area contributed by atoms with E-state index in [1.807, 2.05) is 88.3 Å². The highest BCUT2D eigenvalue weighted by molar-refractivity contribution is 7.90. The molecule has 0 saturated carbocycles. The summed E-state index contributed by atoms with van der Waals surface area (Å²) in [5, 5.41) is 1.16. The molecule has 0 bridgehead atoms. The second-order valence-electron chi connectivity index (χ2n) is 12.7. The van der Waals surface area contributed by atoms with Crippen LogP contribution in [0.1, 0.15) is 43.9 Å². The van der Waals surface area contributed by atoms with Crippen LogP contribution in [-0.2, 0) is 20.9 Å². The fourth-order valence-electron chi connectivity index (χ4n) is 6.39. The quantitative estimate of drug-likeness (QED) is 0.278. The van der Waals surface area contributed by atoms with Gasteiger partial charge < -0.3 is 14.5 Å². The van der Waals surface area contributed by atoms with Crippen LogP contribution in [0.25, 0.3) is 0 Å². The molecule has 2 aliphatic heterocycles. The van der Waals surface area contributed by atoms with Crippen LogP contribution in [-0.4, -0.2) is 110 Å². The minimum atomic E-state index is -3.04. The number of amidine groups is 1. The van der Waals surface area contributed by atoms with E-state index < -0.39 is 20.9 Å². The van der Waals surface area contributed by atoms with Crippen LogP contribution in [0, 0.1) is 0 Å². The van der Waals surface area contributed by atoms with Crippen LogP contribution in [0.4, 0.5) is 10.7 Å². The number of halogens is 2. The maximum absolute atomic E-state index is 15.0. The standard InChI is InChI=1S/C34H43Cl2N7O4S/c1-7-47-30-28(23-37-31(38-30)40(4)5)29-39-33(2,24-9-13-26(35)14-10-24)34(3,25-11-15-27(36)16-12-25)43(29)32(44)42-20-18-41(19-21-42)17-8-22-48(6,45)46/h9-16,23H,7-8,17-22H2,1-6H3/t33-,34+/m0/s1. The Balaban J connectivity index is 1.64. The maximum Gasteiger partial charge on any atom is 0.326 e. The van der Waals surface area contributed by atoms with E-state index in [-0.39, 0.29) is 11.8 Å². The molecule has 0 radical (unpaired) electrons. The smallest absolute Gasteiger partial charge is 0.326 e. The Kier molecular flexibility index (Phi) is 10.6. The van der Waals surface area contributed by atoms with Crippen molar-refractivity contribution in [2.75, 3.05) is 70.3 Å². The van der Waals surface area contributed by atoms with Crippen LogP contribution in [0.3, 0.4) is 0 Å². The first-order valence-electron chi connectivity index (χ1n) is 16.0. The van der Waals surface area contributed by atoms with Crippen molar-refractivity contribution in [1.82, 2.24) is 24.7 Å². The highest BCUT2D eigenvalue weighted by atomic mass is 35.5. The maximum atomic E-state index is 15.0. The largest absolute Gasteiger partial charge is 0.477 e. The second kappa shape index (κ2) is 14.2. The fraction of sp³-hybridized carbons (Fsp3) is 0.471. The number of carbonyl (C=O) groups excluding carboxylic acids is 1. The highest BCUT2D eigenvalue weighted by Gasteiger charge is 2.60. The molecule has 2 atom stereocenters. The Labute approximate surface area is 293 Å². The van der Waals surface area contributed by atoms with E-state index in [0.717, 1.165) is 11.1 Å². The Hall–Kier alpha value is -3.45. The average Bonchev–Trinajstić information content (AvgIpc) is 3.29. The van der Waals surface area contributed by atoms with Crippen LogP contribution < -0.4 is 9.64 Å². The highest BCUT2D eigenvalue weighted by Crippen LogP contribution is 2.54. The lowest BCUT2D eigenvalue weighted by Gasteiger charge is -2.47. The molecule has 1 fully saturated rings. The zero-order chi connectivity index (χ0) is 34.9. The van der Waals surface area contributed by atoms with E-state index in [9.17, 15) is 8.42 Å². The molecule has 0 aliphatic carbocycles. The SMILES string of the molecule is CCOc1nc(N(C)C)ncc1C1=N[C@@](C)(c2ccc(Cl)cc2)[C@@](C)(c2ccc(Cl)cc2)N1C(=O)N1CCN(CCCS(C)(=O)=O)CC1. The third kappa shape index (κ3) is 7.12. The van der Waals surface area contributed by atoms with Gasteiger partial charge in [0.25, 0.3) is 0 Å². The number of amides is 2. The number of hydrogen-bond donors (Lipinski definition) is 0. The third-order valence-electron chi connectivity index (χ3n) is 9.24. The molecule has 48 heavy (non-hydrogen) atoms. The average molecular weight is 717 g/mol. The normalized spacial score (nSPS) is 21.7. The van der Waals surface area contributed by atoms with E-state index >= 15 is 4.79 Å². The van der Waals surface area contributed by atoms with Crippen LogP contribution in [0.5, 0.6) is 5.88 Å². The van der Waals surface area contributed by atoms with Crippen LogP contribution >= 0.6 is 23.2 Å². The first kappa shape index (κ1) is 35.8. The van der Waals surface area contributed by atoms with Crippen molar-refractivity contribution < 1.29 is 17.9 Å². The predicted molar refractivity (Wildman–Crippen MR) is 191 cm³/mol. The summed E-state index contributed by atoms with van der Waals surface area (Å²) in [6.07, 6.45) is 3.47. The van der Waals surface area contributed by atoms with Crippen LogP contribution in [0.15, 0.2) is 59.7 Å². The van der Waals surface area contributed by atoms with Gasteiger partial charge in [-0.25, -0.2) is 18.2 Å².